The molecule has 126 valence electrons. The molecular weight excluding hydrogens is 362 g/mol. The van der Waals surface area contributed by atoms with Crippen molar-refractivity contribution in [3.63, 3.8) is 0 Å². The number of halogens is 1. The number of methoxy groups -OCH3 is 1. The highest BCUT2D eigenvalue weighted by molar-refractivity contribution is 7.87. The fraction of sp³-hybridized carbons (Fsp3) is 0.0556. The molecule has 0 bridgehead atoms. The maximum Gasteiger partial charge on any atom is 0.339 e. The van der Waals surface area contributed by atoms with E-state index in [0.717, 1.165) is 0 Å². The van der Waals surface area contributed by atoms with Crippen molar-refractivity contribution in [2.75, 3.05) is 7.11 Å². The monoisotopic (exact) mass is 373 g/mol. The first-order valence-corrected chi connectivity index (χ1v) is 8.95. The van der Waals surface area contributed by atoms with Crippen LogP contribution < -0.4 is 8.92 Å². The molecule has 0 spiro atoms. The first-order valence-electron chi connectivity index (χ1n) is 7.16. The molecule has 5 nitrogen and oxygen atoms in total. The first kappa shape index (κ1) is 17.1. The molecule has 0 aliphatic heterocycles. The van der Waals surface area contributed by atoms with Crippen molar-refractivity contribution in [3.8, 4) is 17.6 Å². The zero-order valence-corrected chi connectivity index (χ0v) is 14.6. The summed E-state index contributed by atoms with van der Waals surface area (Å²) in [5.41, 5.74) is 0.310. The van der Waals surface area contributed by atoms with Crippen LogP contribution in [0.4, 0.5) is 0 Å². The Kier molecular flexibility index (Phi) is 4.53. The standard InChI is InChI=1S/C18H12ClNO4S/c1-23-16-8-9-18(14-5-3-2-4-13(14)16)25(21,22)24-17-7-6-12(11-20)10-15(17)19/h2-10H,1H3. The quantitative estimate of drug-likeness (QED) is 0.642. The summed E-state index contributed by atoms with van der Waals surface area (Å²) in [6.45, 7) is 0. The van der Waals surface area contributed by atoms with Gasteiger partial charge in [0.1, 0.15) is 10.6 Å². The number of nitrogens with zero attached hydrogens (tertiary/aromatic N) is 1. The lowest BCUT2D eigenvalue weighted by atomic mass is 10.1. The number of hydrogen-bond acceptors (Lipinski definition) is 5. The van der Waals surface area contributed by atoms with Gasteiger partial charge in [0.15, 0.2) is 5.75 Å². The SMILES string of the molecule is COc1ccc(S(=O)(=O)Oc2ccc(C#N)cc2Cl)c2ccccc12. The lowest BCUT2D eigenvalue weighted by Crippen LogP contribution is -2.11. The van der Waals surface area contributed by atoms with Crippen LogP contribution in [-0.2, 0) is 10.1 Å². The van der Waals surface area contributed by atoms with E-state index in [1.807, 2.05) is 6.07 Å². The van der Waals surface area contributed by atoms with E-state index >= 15 is 0 Å². The summed E-state index contributed by atoms with van der Waals surface area (Å²) in [5, 5.41) is 10.0. The van der Waals surface area contributed by atoms with E-state index in [2.05, 4.69) is 0 Å². The Labute approximate surface area is 150 Å². The van der Waals surface area contributed by atoms with Crippen molar-refractivity contribution >= 4 is 32.5 Å². The molecule has 0 aromatic heterocycles. The minimum atomic E-state index is -4.13. The van der Waals surface area contributed by atoms with Crippen molar-refractivity contribution < 1.29 is 17.3 Å². The number of fused-ring (bicyclic) bond motifs is 1. The third-order valence-electron chi connectivity index (χ3n) is 3.59. The molecule has 7 heteroatoms. The van der Waals surface area contributed by atoms with Crippen LogP contribution in [0.3, 0.4) is 0 Å². The molecule has 0 amide bonds. The van der Waals surface area contributed by atoms with Crippen molar-refractivity contribution in [1.82, 2.24) is 0 Å². The smallest absolute Gasteiger partial charge is 0.339 e. The Morgan fingerprint density at radius 3 is 2.32 bits per heavy atom. The minimum absolute atomic E-state index is 0.00401. The summed E-state index contributed by atoms with van der Waals surface area (Å²) in [6.07, 6.45) is 0. The summed E-state index contributed by atoms with van der Waals surface area (Å²) in [6, 6.07) is 16.0. The van der Waals surface area contributed by atoms with E-state index in [1.54, 1.807) is 30.3 Å². The van der Waals surface area contributed by atoms with E-state index in [0.29, 0.717) is 22.1 Å². The molecule has 0 radical (unpaired) electrons. The Balaban J connectivity index is 2.10. The second kappa shape index (κ2) is 6.63. The van der Waals surface area contributed by atoms with Crippen molar-refractivity contribution in [2.45, 2.75) is 4.90 Å². The predicted octanol–water partition coefficient (Wildman–Crippen LogP) is 4.14. The maximum atomic E-state index is 12.7. The molecule has 0 aliphatic rings. The molecule has 0 unspecified atom stereocenters. The van der Waals surface area contributed by atoms with Crippen LogP contribution in [-0.4, -0.2) is 15.5 Å². The Morgan fingerprint density at radius 1 is 1.00 bits per heavy atom. The average molecular weight is 374 g/mol. The minimum Gasteiger partial charge on any atom is -0.496 e. The van der Waals surface area contributed by atoms with Crippen LogP contribution in [0.2, 0.25) is 5.02 Å². The molecule has 3 aromatic carbocycles. The second-order valence-electron chi connectivity index (χ2n) is 5.11. The molecule has 0 N–H and O–H groups in total. The molecule has 25 heavy (non-hydrogen) atoms. The summed E-state index contributed by atoms with van der Waals surface area (Å²) < 4.78 is 35.9. The highest BCUT2D eigenvalue weighted by Crippen LogP contribution is 2.34. The molecule has 3 rings (SSSR count). The van der Waals surface area contributed by atoms with Gasteiger partial charge in [-0.25, -0.2) is 0 Å². The van der Waals surface area contributed by atoms with Gasteiger partial charge in [-0.15, -0.1) is 0 Å². The van der Waals surface area contributed by atoms with Crippen molar-refractivity contribution in [1.29, 1.82) is 5.26 Å². The molecule has 0 aliphatic carbocycles. The van der Waals surface area contributed by atoms with Crippen LogP contribution in [0.15, 0.2) is 59.5 Å². The zero-order chi connectivity index (χ0) is 18.0. The van der Waals surface area contributed by atoms with E-state index in [4.69, 9.17) is 25.8 Å². The molecule has 0 atom stereocenters. The maximum absolute atomic E-state index is 12.7. The van der Waals surface area contributed by atoms with Gasteiger partial charge in [0.2, 0.25) is 0 Å². The molecule has 3 aromatic rings. The zero-order valence-electron chi connectivity index (χ0n) is 13.1. The van der Waals surface area contributed by atoms with Gasteiger partial charge in [0.05, 0.1) is 23.8 Å². The molecule has 0 heterocycles. The van der Waals surface area contributed by atoms with Gasteiger partial charge in [-0.05, 0) is 30.3 Å². The fourth-order valence-corrected chi connectivity index (χ4v) is 3.86. The fourth-order valence-electron chi connectivity index (χ4n) is 2.44. The summed E-state index contributed by atoms with van der Waals surface area (Å²) in [7, 11) is -2.61. The summed E-state index contributed by atoms with van der Waals surface area (Å²) >= 11 is 6.01. The van der Waals surface area contributed by atoms with Crippen LogP contribution >= 0.6 is 11.6 Å². The second-order valence-corrected chi connectivity index (χ2v) is 7.03. The van der Waals surface area contributed by atoms with Crippen molar-refractivity contribution in [2.24, 2.45) is 0 Å². The summed E-state index contributed by atoms with van der Waals surface area (Å²) in [4.78, 5) is 0.00401. The number of hydrogen-bond donors (Lipinski definition) is 0. The van der Waals surface area contributed by atoms with Gasteiger partial charge in [-0.1, -0.05) is 35.9 Å². The Bertz CT molecular complexity index is 1100. The average Bonchev–Trinajstić information content (AvgIpc) is 2.62. The molecule has 0 saturated heterocycles. The third-order valence-corrected chi connectivity index (χ3v) is 5.18. The Morgan fingerprint density at radius 2 is 1.68 bits per heavy atom. The summed E-state index contributed by atoms with van der Waals surface area (Å²) in [5.74, 6) is 0.520. The lowest BCUT2D eigenvalue weighted by molar-refractivity contribution is 0.419. The van der Waals surface area contributed by atoms with Gasteiger partial charge in [-0.2, -0.15) is 13.7 Å². The van der Waals surface area contributed by atoms with E-state index < -0.39 is 10.1 Å². The number of benzene rings is 3. The molecule has 0 fully saturated rings. The van der Waals surface area contributed by atoms with E-state index in [-0.39, 0.29) is 15.7 Å². The normalized spacial score (nSPS) is 11.1. The first-order chi connectivity index (χ1) is 12.0. The molecule has 0 saturated carbocycles. The number of nitriles is 1. The number of rotatable bonds is 4. The van der Waals surface area contributed by atoms with Crippen molar-refractivity contribution in [3.05, 3.63) is 65.2 Å². The van der Waals surface area contributed by atoms with Crippen LogP contribution in [0.5, 0.6) is 11.5 Å². The van der Waals surface area contributed by atoms with Gasteiger partial charge in [0.25, 0.3) is 0 Å². The Hall–Kier alpha value is -2.75. The molecular formula is C18H12ClNO4S. The van der Waals surface area contributed by atoms with E-state index in [9.17, 15) is 8.42 Å². The van der Waals surface area contributed by atoms with E-state index in [1.165, 1.54) is 31.4 Å². The van der Waals surface area contributed by atoms with Gasteiger partial charge in [-0.3, -0.25) is 0 Å². The van der Waals surface area contributed by atoms with Crippen LogP contribution in [0.1, 0.15) is 5.56 Å². The van der Waals surface area contributed by atoms with Crippen LogP contribution in [0, 0.1) is 11.3 Å². The third kappa shape index (κ3) is 3.25. The highest BCUT2D eigenvalue weighted by Gasteiger charge is 2.22. The lowest BCUT2D eigenvalue weighted by Gasteiger charge is -2.12. The van der Waals surface area contributed by atoms with Gasteiger partial charge < -0.3 is 8.92 Å². The topological polar surface area (TPSA) is 76.4 Å². The van der Waals surface area contributed by atoms with Gasteiger partial charge >= 0.3 is 10.1 Å². The highest BCUT2D eigenvalue weighted by atomic mass is 35.5. The number of ether oxygens (including phenoxy) is 1. The predicted molar refractivity (Wildman–Crippen MR) is 94.5 cm³/mol. The van der Waals surface area contributed by atoms with Crippen LogP contribution in [0.25, 0.3) is 10.8 Å². The largest absolute Gasteiger partial charge is 0.496 e. The van der Waals surface area contributed by atoms with Gasteiger partial charge in [0, 0.05) is 10.8 Å².